The first-order chi connectivity index (χ1) is 11.8. The molecule has 0 amide bonds. The molecule has 0 aromatic heterocycles. The number of aliphatic carboxylic acids is 1. The van der Waals surface area contributed by atoms with Crippen LogP contribution in [0, 0.1) is 0 Å². The molecule has 0 aliphatic carbocycles. The van der Waals surface area contributed by atoms with Crippen molar-refractivity contribution in [1.29, 1.82) is 0 Å². The summed E-state index contributed by atoms with van der Waals surface area (Å²) < 4.78 is 5.35. The third-order valence-electron chi connectivity index (χ3n) is 3.19. The number of ether oxygens (including phenoxy) is 1. The van der Waals surface area contributed by atoms with Gasteiger partial charge in [-0.15, -0.1) is 0 Å². The van der Waals surface area contributed by atoms with E-state index in [1.807, 2.05) is 18.2 Å². The van der Waals surface area contributed by atoms with Crippen molar-refractivity contribution in [3.63, 3.8) is 0 Å². The lowest BCUT2D eigenvalue weighted by atomic mass is 10.1. The second-order valence-electron chi connectivity index (χ2n) is 5.38. The van der Waals surface area contributed by atoms with Gasteiger partial charge >= 0.3 is 5.97 Å². The molecule has 4 heteroatoms. The highest BCUT2D eigenvalue weighted by Crippen LogP contribution is 2.08. The number of hydrogen-bond donors (Lipinski definition) is 1. The van der Waals surface area contributed by atoms with Gasteiger partial charge in [0.1, 0.15) is 6.61 Å². The fourth-order valence-corrected chi connectivity index (χ4v) is 1.92. The minimum Gasteiger partial charge on any atom is -0.497 e. The second kappa shape index (κ2) is 18.9. The highest BCUT2D eigenvalue weighted by atomic mass is 16.5. The van der Waals surface area contributed by atoms with Crippen LogP contribution in [0.4, 0.5) is 0 Å². The summed E-state index contributed by atoms with van der Waals surface area (Å²) in [7, 11) is 0. The van der Waals surface area contributed by atoms with Crippen LogP contribution in [0.2, 0.25) is 0 Å². The maximum atomic E-state index is 10.2. The number of hydrogen-bond acceptors (Lipinski definition) is 3. The quantitative estimate of drug-likeness (QED) is 0.143. The smallest absolute Gasteiger partial charge is 0.329 e. The van der Waals surface area contributed by atoms with Crippen molar-refractivity contribution in [2.75, 3.05) is 6.61 Å². The van der Waals surface area contributed by atoms with Crippen molar-refractivity contribution in [2.45, 2.75) is 58.3 Å². The van der Waals surface area contributed by atoms with Crippen molar-refractivity contribution in [3.8, 4) is 0 Å². The zero-order chi connectivity index (χ0) is 17.7. The molecule has 0 spiro atoms. The van der Waals surface area contributed by atoms with E-state index >= 15 is 0 Å². The van der Waals surface area contributed by atoms with Gasteiger partial charge in [0.15, 0.2) is 0 Å². The molecule has 0 saturated carbocycles. The Bertz CT molecular complexity index is 434. The molecule has 0 aliphatic heterocycles. The van der Waals surface area contributed by atoms with Gasteiger partial charge in [0.25, 0.3) is 0 Å². The van der Waals surface area contributed by atoms with Crippen molar-refractivity contribution < 1.29 is 14.6 Å². The van der Waals surface area contributed by atoms with Gasteiger partial charge in [0.2, 0.25) is 0 Å². The van der Waals surface area contributed by atoms with E-state index in [1.165, 1.54) is 57.4 Å². The average molecular weight is 333 g/mol. The number of unbranched alkanes of at least 4 members (excludes halogenated alkanes) is 7. The Labute approximate surface area is 146 Å². The van der Waals surface area contributed by atoms with Crippen LogP contribution in [-0.2, 0) is 9.53 Å². The van der Waals surface area contributed by atoms with E-state index in [1.54, 1.807) is 12.3 Å². The molecule has 0 aliphatic rings. The predicted octanol–water partition coefficient (Wildman–Crippen LogP) is 5.44. The molecule has 0 atom stereocenters. The summed E-state index contributed by atoms with van der Waals surface area (Å²) in [5.74, 6) is -1.01. The first kappa shape index (κ1) is 21.9. The fraction of sp³-hybridized carbons (Fsp3) is 0.500. The Balaban J connectivity index is 3.43. The SMILES string of the molecule is CCCCCCCCCC=COCC=CC=CC=NC=CC(=O)O. The molecule has 0 bridgehead atoms. The van der Waals surface area contributed by atoms with Crippen LogP contribution < -0.4 is 0 Å². The molecule has 24 heavy (non-hydrogen) atoms. The van der Waals surface area contributed by atoms with Crippen LogP contribution in [-0.4, -0.2) is 23.9 Å². The van der Waals surface area contributed by atoms with Crippen LogP contribution in [0.25, 0.3) is 0 Å². The highest BCUT2D eigenvalue weighted by molar-refractivity contribution is 5.80. The Hall–Kier alpha value is -2.10. The van der Waals surface area contributed by atoms with Gasteiger partial charge in [-0.1, -0.05) is 57.6 Å². The molecule has 0 fully saturated rings. The molecular weight excluding hydrogens is 302 g/mol. The lowest BCUT2D eigenvalue weighted by molar-refractivity contribution is -0.131. The first-order valence-electron chi connectivity index (χ1n) is 8.78. The lowest BCUT2D eigenvalue weighted by Crippen LogP contribution is -1.84. The van der Waals surface area contributed by atoms with Crippen LogP contribution in [0.15, 0.2) is 53.9 Å². The summed E-state index contributed by atoms with van der Waals surface area (Å²) in [5, 5.41) is 8.35. The van der Waals surface area contributed by atoms with Crippen molar-refractivity contribution in [1.82, 2.24) is 0 Å². The predicted molar refractivity (Wildman–Crippen MR) is 101 cm³/mol. The Morgan fingerprint density at radius 3 is 2.50 bits per heavy atom. The van der Waals surface area contributed by atoms with Gasteiger partial charge in [-0.05, 0) is 31.1 Å². The Morgan fingerprint density at radius 2 is 1.75 bits per heavy atom. The molecule has 0 radical (unpaired) electrons. The lowest BCUT2D eigenvalue weighted by Gasteiger charge is -1.99. The summed E-state index contributed by atoms with van der Waals surface area (Å²) in [4.78, 5) is 13.9. The topological polar surface area (TPSA) is 58.9 Å². The van der Waals surface area contributed by atoms with E-state index < -0.39 is 5.97 Å². The zero-order valence-corrected chi connectivity index (χ0v) is 14.8. The Kier molecular flexibility index (Phi) is 17.3. The molecule has 134 valence electrons. The molecule has 0 aromatic carbocycles. The first-order valence-corrected chi connectivity index (χ1v) is 8.78. The van der Waals surface area contributed by atoms with E-state index in [9.17, 15) is 4.79 Å². The van der Waals surface area contributed by atoms with Gasteiger partial charge in [0.05, 0.1) is 6.26 Å². The maximum absolute atomic E-state index is 10.2. The summed E-state index contributed by atoms with van der Waals surface area (Å²) in [6, 6.07) is 0. The van der Waals surface area contributed by atoms with Crippen LogP contribution in [0.5, 0.6) is 0 Å². The second-order valence-corrected chi connectivity index (χ2v) is 5.38. The third kappa shape index (κ3) is 19.9. The number of nitrogens with zero attached hydrogens (tertiary/aromatic N) is 1. The summed E-state index contributed by atoms with van der Waals surface area (Å²) >= 11 is 0. The van der Waals surface area contributed by atoms with E-state index in [0.29, 0.717) is 6.61 Å². The van der Waals surface area contributed by atoms with Crippen LogP contribution in [0.3, 0.4) is 0 Å². The number of carbonyl (C=O) groups is 1. The van der Waals surface area contributed by atoms with E-state index in [4.69, 9.17) is 9.84 Å². The molecular formula is C20H31NO3. The minimum absolute atomic E-state index is 0.536. The zero-order valence-electron chi connectivity index (χ0n) is 14.8. The normalized spacial score (nSPS) is 12.5. The van der Waals surface area contributed by atoms with Crippen molar-refractivity contribution in [3.05, 3.63) is 48.9 Å². The van der Waals surface area contributed by atoms with E-state index in [2.05, 4.69) is 18.0 Å². The van der Waals surface area contributed by atoms with Gasteiger partial charge in [-0.25, -0.2) is 4.79 Å². The maximum Gasteiger partial charge on any atom is 0.329 e. The van der Waals surface area contributed by atoms with Crippen molar-refractivity contribution in [2.24, 2.45) is 4.99 Å². The van der Waals surface area contributed by atoms with Gasteiger partial charge in [-0.2, -0.15) is 0 Å². The average Bonchev–Trinajstić information content (AvgIpc) is 2.56. The van der Waals surface area contributed by atoms with Gasteiger partial charge < -0.3 is 9.84 Å². The summed E-state index contributed by atoms with van der Waals surface area (Å²) in [6.45, 7) is 2.78. The standard InChI is InChI=1S/C20H31NO3/c1-2-3-4-5-6-7-8-10-13-18-24-19-14-11-9-12-16-21-17-15-20(22)23/h9,11-18H,2-8,10,19H2,1H3,(H,22,23). The third-order valence-corrected chi connectivity index (χ3v) is 3.19. The summed E-state index contributed by atoms with van der Waals surface area (Å²) in [6.07, 6.45) is 25.3. The summed E-state index contributed by atoms with van der Waals surface area (Å²) in [5.41, 5.74) is 0. The number of allylic oxidation sites excluding steroid dienone is 4. The molecule has 0 unspecified atom stereocenters. The van der Waals surface area contributed by atoms with E-state index in [-0.39, 0.29) is 0 Å². The molecule has 0 rings (SSSR count). The molecule has 4 nitrogen and oxygen atoms in total. The minimum atomic E-state index is -1.01. The van der Waals surface area contributed by atoms with Crippen LogP contribution in [0.1, 0.15) is 58.3 Å². The number of rotatable bonds is 15. The van der Waals surface area contributed by atoms with Crippen LogP contribution >= 0.6 is 0 Å². The van der Waals surface area contributed by atoms with E-state index in [0.717, 1.165) is 12.5 Å². The van der Waals surface area contributed by atoms with Gasteiger partial charge in [0, 0.05) is 18.5 Å². The Morgan fingerprint density at radius 1 is 1.00 bits per heavy atom. The number of aliphatic imine (C=N–C) groups is 1. The number of carboxylic acids is 1. The molecule has 0 saturated heterocycles. The van der Waals surface area contributed by atoms with Gasteiger partial charge in [-0.3, -0.25) is 4.99 Å². The molecule has 0 heterocycles. The van der Waals surface area contributed by atoms with Crippen molar-refractivity contribution >= 4 is 12.2 Å². The number of carboxylic acid groups (broad SMARTS) is 1. The highest BCUT2D eigenvalue weighted by Gasteiger charge is 1.89. The molecule has 1 N–H and O–H groups in total. The fourth-order valence-electron chi connectivity index (χ4n) is 1.92. The monoisotopic (exact) mass is 333 g/mol. The largest absolute Gasteiger partial charge is 0.497 e. The molecule has 0 aromatic rings.